The van der Waals surface area contributed by atoms with Crippen LogP contribution in [0.1, 0.15) is 0 Å². The minimum atomic E-state index is -0.318. The van der Waals surface area contributed by atoms with Gasteiger partial charge in [-0.2, -0.15) is 0 Å². The maximum atomic E-state index is 8.93. The fourth-order valence-electron chi connectivity index (χ4n) is 0.699. The minimum absolute atomic E-state index is 0.318. The molecule has 4 nitrogen and oxygen atoms in total. The Labute approximate surface area is 54.0 Å². The van der Waals surface area contributed by atoms with Gasteiger partial charge in [0.05, 0.1) is 12.6 Å². The van der Waals surface area contributed by atoms with E-state index in [1.807, 2.05) is 0 Å². The highest BCUT2D eigenvalue weighted by Crippen LogP contribution is 1.87. The van der Waals surface area contributed by atoms with Crippen molar-refractivity contribution >= 4 is 5.96 Å². The summed E-state index contributed by atoms with van der Waals surface area (Å²) in [5.41, 5.74) is 0. The zero-order valence-electron chi connectivity index (χ0n) is 5.39. The fourth-order valence-corrected chi connectivity index (χ4v) is 0.699. The molecule has 1 aliphatic heterocycles. The van der Waals surface area contributed by atoms with E-state index in [0.29, 0.717) is 13.1 Å². The van der Waals surface area contributed by atoms with Gasteiger partial charge in [0.2, 0.25) is 0 Å². The Bertz CT molecular complexity index is 123. The van der Waals surface area contributed by atoms with Crippen LogP contribution in [0.25, 0.3) is 0 Å². The molecule has 0 radical (unpaired) electrons. The van der Waals surface area contributed by atoms with Crippen molar-refractivity contribution in [2.45, 2.75) is 6.10 Å². The van der Waals surface area contributed by atoms with E-state index in [1.165, 1.54) is 0 Å². The van der Waals surface area contributed by atoms with Crippen molar-refractivity contribution < 1.29 is 5.11 Å². The molecule has 1 unspecified atom stereocenters. The quantitative estimate of drug-likeness (QED) is 0.374. The second kappa shape index (κ2) is 2.68. The SMILES string of the molecule is CNC1=NCC(O)CN1. The number of aliphatic imine (C=N–C) groups is 1. The molecule has 9 heavy (non-hydrogen) atoms. The van der Waals surface area contributed by atoms with Crippen molar-refractivity contribution in [1.29, 1.82) is 0 Å². The van der Waals surface area contributed by atoms with Crippen LogP contribution in [0.4, 0.5) is 0 Å². The van der Waals surface area contributed by atoms with Crippen molar-refractivity contribution in [3.8, 4) is 0 Å². The second-order valence-electron chi connectivity index (χ2n) is 1.97. The molecule has 0 saturated heterocycles. The molecule has 0 aromatic rings. The van der Waals surface area contributed by atoms with Gasteiger partial charge in [0, 0.05) is 13.6 Å². The van der Waals surface area contributed by atoms with Crippen molar-refractivity contribution in [2.75, 3.05) is 20.1 Å². The molecule has 0 fully saturated rings. The Morgan fingerprint density at radius 1 is 1.89 bits per heavy atom. The van der Waals surface area contributed by atoms with Gasteiger partial charge in [-0.3, -0.25) is 4.99 Å². The third-order valence-corrected chi connectivity index (χ3v) is 1.20. The van der Waals surface area contributed by atoms with Crippen LogP contribution in [0.5, 0.6) is 0 Å². The summed E-state index contributed by atoms with van der Waals surface area (Å²) in [7, 11) is 1.80. The van der Waals surface area contributed by atoms with Crippen LogP contribution in [0, 0.1) is 0 Å². The van der Waals surface area contributed by atoms with Crippen LogP contribution in [-0.2, 0) is 0 Å². The molecular formula is C5H11N3O. The van der Waals surface area contributed by atoms with Gasteiger partial charge in [-0.1, -0.05) is 0 Å². The summed E-state index contributed by atoms with van der Waals surface area (Å²) < 4.78 is 0. The molecule has 0 aromatic carbocycles. The van der Waals surface area contributed by atoms with Crippen molar-refractivity contribution in [3.05, 3.63) is 0 Å². The molecule has 0 amide bonds. The standard InChI is InChI=1S/C5H11N3O/c1-6-5-7-2-4(9)3-8-5/h4,9H,2-3H2,1H3,(H2,6,7,8). The number of nitrogens with one attached hydrogen (secondary N) is 2. The number of aliphatic hydroxyl groups is 1. The summed E-state index contributed by atoms with van der Waals surface area (Å²) in [6, 6.07) is 0. The summed E-state index contributed by atoms with van der Waals surface area (Å²) in [6.07, 6.45) is -0.318. The van der Waals surface area contributed by atoms with Gasteiger partial charge in [-0.05, 0) is 0 Å². The lowest BCUT2D eigenvalue weighted by atomic mass is 10.3. The Kier molecular flexibility index (Phi) is 1.89. The molecule has 1 atom stereocenters. The Morgan fingerprint density at radius 2 is 2.67 bits per heavy atom. The van der Waals surface area contributed by atoms with Crippen molar-refractivity contribution in [3.63, 3.8) is 0 Å². The second-order valence-corrected chi connectivity index (χ2v) is 1.97. The highest BCUT2D eigenvalue weighted by Gasteiger charge is 2.08. The predicted octanol–water partition coefficient (Wildman–Crippen LogP) is -1.47. The van der Waals surface area contributed by atoms with Gasteiger partial charge in [-0.25, -0.2) is 0 Å². The van der Waals surface area contributed by atoms with Crippen LogP contribution >= 0.6 is 0 Å². The number of hydrogen-bond acceptors (Lipinski definition) is 4. The minimum Gasteiger partial charge on any atom is -0.389 e. The molecule has 52 valence electrons. The number of aliphatic hydroxyl groups excluding tert-OH is 1. The summed E-state index contributed by atoms with van der Waals surface area (Å²) in [5, 5.41) is 14.7. The predicted molar refractivity (Wildman–Crippen MR) is 35.4 cm³/mol. The number of guanidine groups is 1. The highest BCUT2D eigenvalue weighted by atomic mass is 16.3. The fraction of sp³-hybridized carbons (Fsp3) is 0.800. The van der Waals surface area contributed by atoms with Gasteiger partial charge in [0.15, 0.2) is 5.96 Å². The molecule has 1 aliphatic rings. The lowest BCUT2D eigenvalue weighted by molar-refractivity contribution is 0.180. The smallest absolute Gasteiger partial charge is 0.191 e. The van der Waals surface area contributed by atoms with Gasteiger partial charge in [0.25, 0.3) is 0 Å². The van der Waals surface area contributed by atoms with Gasteiger partial charge in [-0.15, -0.1) is 0 Å². The molecule has 0 aromatic heterocycles. The van der Waals surface area contributed by atoms with E-state index in [4.69, 9.17) is 5.11 Å². The third-order valence-electron chi connectivity index (χ3n) is 1.20. The van der Waals surface area contributed by atoms with Crippen LogP contribution in [0.15, 0.2) is 4.99 Å². The van der Waals surface area contributed by atoms with E-state index in [-0.39, 0.29) is 6.10 Å². The Balaban J connectivity index is 2.40. The molecule has 3 N–H and O–H groups in total. The first-order valence-electron chi connectivity index (χ1n) is 2.97. The van der Waals surface area contributed by atoms with E-state index in [9.17, 15) is 0 Å². The number of rotatable bonds is 0. The van der Waals surface area contributed by atoms with Gasteiger partial charge < -0.3 is 15.7 Å². The number of nitrogens with zero attached hydrogens (tertiary/aromatic N) is 1. The normalized spacial score (nSPS) is 26.4. The van der Waals surface area contributed by atoms with E-state index >= 15 is 0 Å². The first kappa shape index (κ1) is 6.35. The van der Waals surface area contributed by atoms with Crippen LogP contribution in [0.3, 0.4) is 0 Å². The van der Waals surface area contributed by atoms with Crippen molar-refractivity contribution in [1.82, 2.24) is 10.6 Å². The molecule has 1 rings (SSSR count). The summed E-state index contributed by atoms with van der Waals surface area (Å²) >= 11 is 0. The summed E-state index contributed by atoms with van der Waals surface area (Å²) in [5.74, 6) is 0.764. The van der Waals surface area contributed by atoms with Crippen LogP contribution in [-0.4, -0.2) is 37.3 Å². The average Bonchev–Trinajstić information content (AvgIpc) is 1.90. The maximum Gasteiger partial charge on any atom is 0.191 e. The Hall–Kier alpha value is -0.770. The number of hydrogen-bond donors (Lipinski definition) is 3. The molecule has 0 spiro atoms. The zero-order chi connectivity index (χ0) is 6.69. The average molecular weight is 129 g/mol. The lowest BCUT2D eigenvalue weighted by Crippen LogP contribution is -2.44. The summed E-state index contributed by atoms with van der Waals surface area (Å²) in [4.78, 5) is 3.97. The van der Waals surface area contributed by atoms with Crippen molar-refractivity contribution in [2.24, 2.45) is 4.99 Å². The molecule has 1 heterocycles. The van der Waals surface area contributed by atoms with Gasteiger partial charge >= 0.3 is 0 Å². The monoisotopic (exact) mass is 129 g/mol. The lowest BCUT2D eigenvalue weighted by Gasteiger charge is -2.17. The van der Waals surface area contributed by atoms with Crippen LogP contribution < -0.4 is 10.6 Å². The molecule has 4 heteroatoms. The van der Waals surface area contributed by atoms with Gasteiger partial charge in [0.1, 0.15) is 0 Å². The highest BCUT2D eigenvalue weighted by molar-refractivity contribution is 5.80. The topological polar surface area (TPSA) is 56.7 Å². The molecule has 0 aliphatic carbocycles. The molecule has 0 bridgehead atoms. The van der Waals surface area contributed by atoms with E-state index in [1.54, 1.807) is 7.05 Å². The molecule has 0 saturated carbocycles. The Morgan fingerprint density at radius 3 is 3.11 bits per heavy atom. The number of β-amino-alcohol motifs (C(OH)–C–C–N with tert-alkyl or cyclic N) is 1. The van der Waals surface area contributed by atoms with Crippen LogP contribution in [0.2, 0.25) is 0 Å². The largest absolute Gasteiger partial charge is 0.389 e. The zero-order valence-corrected chi connectivity index (χ0v) is 5.39. The third kappa shape index (κ3) is 1.57. The first-order valence-corrected chi connectivity index (χ1v) is 2.97. The first-order chi connectivity index (χ1) is 4.33. The summed E-state index contributed by atoms with van der Waals surface area (Å²) in [6.45, 7) is 1.10. The van der Waals surface area contributed by atoms with E-state index < -0.39 is 0 Å². The van der Waals surface area contributed by atoms with E-state index in [2.05, 4.69) is 15.6 Å². The molecular weight excluding hydrogens is 118 g/mol. The maximum absolute atomic E-state index is 8.93. The van der Waals surface area contributed by atoms with E-state index in [0.717, 1.165) is 5.96 Å².